The molecule has 1 atom stereocenters. The predicted molar refractivity (Wildman–Crippen MR) is 49.4 cm³/mol. The van der Waals surface area contributed by atoms with Crippen molar-refractivity contribution in [3.05, 3.63) is 0 Å². The van der Waals surface area contributed by atoms with E-state index in [1.54, 1.807) is 4.31 Å². The Morgan fingerprint density at radius 2 is 2.00 bits per heavy atom. The van der Waals surface area contributed by atoms with Gasteiger partial charge in [-0.3, -0.25) is 0 Å². The maximum absolute atomic E-state index is 11.5. The van der Waals surface area contributed by atoms with Crippen LogP contribution in [0.15, 0.2) is 0 Å². The molecule has 1 saturated heterocycles. The summed E-state index contributed by atoms with van der Waals surface area (Å²) in [5.74, 6) is 0.836. The minimum absolute atomic E-state index is 0.109. The molecule has 1 fully saturated rings. The van der Waals surface area contributed by atoms with Crippen LogP contribution in [0.4, 0.5) is 0 Å². The van der Waals surface area contributed by atoms with Gasteiger partial charge in [-0.25, -0.2) is 8.42 Å². The zero-order chi connectivity index (χ0) is 9.35. The third-order valence-electron chi connectivity index (χ3n) is 2.29. The van der Waals surface area contributed by atoms with Crippen molar-refractivity contribution in [1.82, 2.24) is 4.31 Å². The molecule has 72 valence electrons. The highest BCUT2D eigenvalue weighted by Gasteiger charge is 2.30. The number of rotatable bonds is 1. The molecule has 0 radical (unpaired) electrons. The molecule has 12 heavy (non-hydrogen) atoms. The molecule has 0 aromatic heterocycles. The highest BCUT2D eigenvalue weighted by atomic mass is 32.2. The number of sulfonamides is 1. The first kappa shape index (κ1) is 9.99. The molecule has 3 nitrogen and oxygen atoms in total. The summed E-state index contributed by atoms with van der Waals surface area (Å²) in [6.07, 6.45) is 0.811. The molecule has 4 heteroatoms. The molecule has 0 aromatic rings. The smallest absolute Gasteiger partial charge is 0.212 e. The van der Waals surface area contributed by atoms with Crippen molar-refractivity contribution < 1.29 is 8.42 Å². The minimum atomic E-state index is -2.92. The van der Waals surface area contributed by atoms with Crippen molar-refractivity contribution in [1.29, 1.82) is 0 Å². The van der Waals surface area contributed by atoms with Gasteiger partial charge in [0.2, 0.25) is 10.0 Å². The van der Waals surface area contributed by atoms with Crippen LogP contribution in [-0.4, -0.2) is 31.1 Å². The Kier molecular flexibility index (Phi) is 2.78. The second-order valence-corrected chi connectivity index (χ2v) is 5.91. The van der Waals surface area contributed by atoms with Crippen molar-refractivity contribution in [2.24, 2.45) is 5.92 Å². The molecule has 0 aromatic carbocycles. The van der Waals surface area contributed by atoms with E-state index in [0.717, 1.165) is 6.42 Å². The maximum Gasteiger partial charge on any atom is 0.214 e. The van der Waals surface area contributed by atoms with Crippen LogP contribution in [0.2, 0.25) is 0 Å². The summed E-state index contributed by atoms with van der Waals surface area (Å²) in [5.41, 5.74) is 0. The number of hydrogen-bond donors (Lipinski definition) is 0. The molecule has 1 heterocycles. The summed E-state index contributed by atoms with van der Waals surface area (Å²) in [6, 6.07) is 0.109. The lowest BCUT2D eigenvalue weighted by Gasteiger charge is -2.33. The van der Waals surface area contributed by atoms with E-state index in [2.05, 4.69) is 6.92 Å². The van der Waals surface area contributed by atoms with Crippen LogP contribution in [0.1, 0.15) is 27.2 Å². The van der Waals surface area contributed by atoms with Crippen LogP contribution in [0.25, 0.3) is 0 Å². The molecule has 0 saturated carbocycles. The fraction of sp³-hybridized carbons (Fsp3) is 1.00. The Labute approximate surface area is 74.8 Å². The molecule has 0 bridgehead atoms. The quantitative estimate of drug-likeness (QED) is 0.621. The summed E-state index contributed by atoms with van der Waals surface area (Å²) >= 11 is 0. The van der Waals surface area contributed by atoms with E-state index in [-0.39, 0.29) is 6.04 Å². The average Bonchev–Trinajstić information content (AvgIpc) is 1.94. The summed E-state index contributed by atoms with van der Waals surface area (Å²) in [7, 11) is -2.92. The largest absolute Gasteiger partial charge is 0.214 e. The van der Waals surface area contributed by atoms with Crippen LogP contribution >= 0.6 is 0 Å². The molecule has 1 aliphatic rings. The minimum Gasteiger partial charge on any atom is -0.212 e. The third kappa shape index (κ3) is 1.98. The topological polar surface area (TPSA) is 37.4 Å². The van der Waals surface area contributed by atoms with Gasteiger partial charge in [0.05, 0.1) is 5.75 Å². The van der Waals surface area contributed by atoms with Crippen LogP contribution in [0, 0.1) is 5.92 Å². The van der Waals surface area contributed by atoms with Crippen molar-refractivity contribution >= 4 is 10.0 Å². The Morgan fingerprint density at radius 3 is 2.42 bits per heavy atom. The van der Waals surface area contributed by atoms with E-state index >= 15 is 0 Å². The summed E-state index contributed by atoms with van der Waals surface area (Å²) in [4.78, 5) is 0. The van der Waals surface area contributed by atoms with E-state index in [1.807, 2.05) is 13.8 Å². The fourth-order valence-electron chi connectivity index (χ4n) is 1.51. The van der Waals surface area contributed by atoms with Gasteiger partial charge in [-0.15, -0.1) is 0 Å². The van der Waals surface area contributed by atoms with Gasteiger partial charge in [0, 0.05) is 12.6 Å². The second-order valence-electron chi connectivity index (χ2n) is 3.87. The number of nitrogens with zero attached hydrogens (tertiary/aromatic N) is 1. The summed E-state index contributed by atoms with van der Waals surface area (Å²) in [6.45, 7) is 6.65. The lowest BCUT2D eigenvalue weighted by atomic mass is 10.1. The summed E-state index contributed by atoms with van der Waals surface area (Å²) in [5, 5.41) is 0. The van der Waals surface area contributed by atoms with Gasteiger partial charge < -0.3 is 0 Å². The molecule has 1 aliphatic heterocycles. The Hall–Kier alpha value is -0.0900. The van der Waals surface area contributed by atoms with Gasteiger partial charge in [0.25, 0.3) is 0 Å². The molecule has 0 aliphatic carbocycles. The first-order chi connectivity index (χ1) is 5.43. The van der Waals surface area contributed by atoms with Gasteiger partial charge in [-0.2, -0.15) is 4.31 Å². The Bertz CT molecular complexity index is 246. The zero-order valence-electron chi connectivity index (χ0n) is 7.95. The van der Waals surface area contributed by atoms with Crippen LogP contribution in [-0.2, 0) is 10.0 Å². The summed E-state index contributed by atoms with van der Waals surface area (Å²) < 4.78 is 24.6. The van der Waals surface area contributed by atoms with Gasteiger partial charge >= 0.3 is 0 Å². The van der Waals surface area contributed by atoms with Gasteiger partial charge in [-0.1, -0.05) is 6.92 Å². The zero-order valence-corrected chi connectivity index (χ0v) is 8.76. The first-order valence-corrected chi connectivity index (χ1v) is 6.04. The van der Waals surface area contributed by atoms with Crippen LogP contribution in [0.3, 0.4) is 0 Å². The van der Waals surface area contributed by atoms with Crippen molar-refractivity contribution in [3.63, 3.8) is 0 Å². The van der Waals surface area contributed by atoms with Gasteiger partial charge in [-0.05, 0) is 26.2 Å². The van der Waals surface area contributed by atoms with Gasteiger partial charge in [0.1, 0.15) is 0 Å². The van der Waals surface area contributed by atoms with E-state index in [1.165, 1.54) is 0 Å². The fourth-order valence-corrected chi connectivity index (χ4v) is 3.57. The van der Waals surface area contributed by atoms with Crippen molar-refractivity contribution in [2.75, 3.05) is 12.3 Å². The highest BCUT2D eigenvalue weighted by molar-refractivity contribution is 7.89. The monoisotopic (exact) mass is 191 g/mol. The maximum atomic E-state index is 11.5. The molecule has 0 N–H and O–H groups in total. The standard InChI is InChI=1S/C8H17NO2S/c1-7(2)9-6-8(3)4-5-12(9,10)11/h7-8H,4-6H2,1-3H3/t8-/m0/s1. The molecular formula is C8H17NO2S. The predicted octanol–water partition coefficient (Wildman–Crippen LogP) is 1.07. The van der Waals surface area contributed by atoms with E-state index < -0.39 is 10.0 Å². The van der Waals surface area contributed by atoms with E-state index in [0.29, 0.717) is 18.2 Å². The third-order valence-corrected chi connectivity index (χ3v) is 4.33. The van der Waals surface area contributed by atoms with E-state index in [4.69, 9.17) is 0 Å². The average molecular weight is 191 g/mol. The SMILES string of the molecule is CC(C)N1C[C@@H](C)CCS1(=O)=O. The highest BCUT2D eigenvalue weighted by Crippen LogP contribution is 2.20. The van der Waals surface area contributed by atoms with Crippen molar-refractivity contribution in [3.8, 4) is 0 Å². The lowest BCUT2D eigenvalue weighted by molar-refractivity contribution is 0.286. The van der Waals surface area contributed by atoms with E-state index in [9.17, 15) is 8.42 Å². The Morgan fingerprint density at radius 1 is 1.42 bits per heavy atom. The first-order valence-electron chi connectivity index (χ1n) is 4.43. The lowest BCUT2D eigenvalue weighted by Crippen LogP contribution is -2.45. The normalized spacial score (nSPS) is 30.8. The van der Waals surface area contributed by atoms with Crippen LogP contribution < -0.4 is 0 Å². The molecule has 0 spiro atoms. The Balaban J connectivity index is 2.80. The molecule has 0 amide bonds. The van der Waals surface area contributed by atoms with Crippen molar-refractivity contribution in [2.45, 2.75) is 33.2 Å². The number of hydrogen-bond acceptors (Lipinski definition) is 2. The molecular weight excluding hydrogens is 174 g/mol. The second kappa shape index (κ2) is 3.34. The molecule has 1 rings (SSSR count). The molecule has 0 unspecified atom stereocenters. The van der Waals surface area contributed by atoms with Gasteiger partial charge in [0.15, 0.2) is 0 Å². The van der Waals surface area contributed by atoms with Crippen LogP contribution in [0.5, 0.6) is 0 Å².